The first-order valence-electron chi connectivity index (χ1n) is 3.15. The van der Waals surface area contributed by atoms with Crippen LogP contribution in [0.15, 0.2) is 30.3 Å². The van der Waals surface area contributed by atoms with Crippen LogP contribution >= 0.6 is 0 Å². The number of hydrogen-bond acceptors (Lipinski definition) is 2. The van der Waals surface area contributed by atoms with Crippen molar-refractivity contribution in [1.82, 2.24) is 0 Å². The third kappa shape index (κ3) is 3.30. The summed E-state index contributed by atoms with van der Waals surface area (Å²) in [6.07, 6.45) is 0. The minimum atomic E-state index is 0.121. The molecule has 0 aromatic heterocycles. The van der Waals surface area contributed by atoms with Crippen molar-refractivity contribution in [2.75, 3.05) is 0 Å². The van der Waals surface area contributed by atoms with Crippen LogP contribution in [0.3, 0.4) is 0 Å². The standard InChI is InChI=1S/C8H8O.CH2O/c1-7(9)8-5-3-2-4-6-8;1-2/h2-6H,1H3;1H2. The van der Waals surface area contributed by atoms with Crippen LogP contribution in [-0.2, 0) is 4.79 Å². The van der Waals surface area contributed by atoms with Gasteiger partial charge in [0.15, 0.2) is 5.78 Å². The molecular formula is C9H10O2. The van der Waals surface area contributed by atoms with Crippen molar-refractivity contribution in [3.8, 4) is 0 Å². The second-order valence-electron chi connectivity index (χ2n) is 1.92. The van der Waals surface area contributed by atoms with E-state index in [1.54, 1.807) is 6.92 Å². The van der Waals surface area contributed by atoms with Crippen LogP contribution in [0.1, 0.15) is 17.3 Å². The van der Waals surface area contributed by atoms with Gasteiger partial charge in [-0.2, -0.15) is 0 Å². The van der Waals surface area contributed by atoms with Crippen molar-refractivity contribution in [2.45, 2.75) is 6.92 Å². The molecule has 0 saturated heterocycles. The van der Waals surface area contributed by atoms with Gasteiger partial charge in [0.25, 0.3) is 0 Å². The zero-order valence-corrected chi connectivity index (χ0v) is 6.41. The Hall–Kier alpha value is -1.44. The van der Waals surface area contributed by atoms with E-state index in [9.17, 15) is 4.79 Å². The molecule has 0 unspecified atom stereocenters. The molecule has 2 nitrogen and oxygen atoms in total. The largest absolute Gasteiger partial charge is 0.307 e. The monoisotopic (exact) mass is 150 g/mol. The number of hydrogen-bond donors (Lipinski definition) is 0. The van der Waals surface area contributed by atoms with Crippen molar-refractivity contribution in [3.05, 3.63) is 35.9 Å². The molecule has 1 rings (SSSR count). The Morgan fingerprint density at radius 3 is 1.91 bits per heavy atom. The zero-order valence-electron chi connectivity index (χ0n) is 6.41. The lowest BCUT2D eigenvalue weighted by Crippen LogP contribution is -1.88. The van der Waals surface area contributed by atoms with E-state index in [-0.39, 0.29) is 5.78 Å². The van der Waals surface area contributed by atoms with Gasteiger partial charge in [-0.05, 0) is 6.92 Å². The molecule has 0 saturated carbocycles. The summed E-state index contributed by atoms with van der Waals surface area (Å²) in [5.74, 6) is 0.121. The average Bonchev–Trinajstić information content (AvgIpc) is 2.10. The Labute approximate surface area is 65.9 Å². The molecule has 0 fully saturated rings. The van der Waals surface area contributed by atoms with Gasteiger partial charge in [-0.1, -0.05) is 30.3 Å². The predicted molar refractivity (Wildman–Crippen MR) is 43.6 cm³/mol. The van der Waals surface area contributed by atoms with E-state index < -0.39 is 0 Å². The molecule has 0 aliphatic carbocycles. The molecule has 0 N–H and O–H groups in total. The van der Waals surface area contributed by atoms with Crippen LogP contribution in [0.4, 0.5) is 0 Å². The van der Waals surface area contributed by atoms with E-state index in [4.69, 9.17) is 4.79 Å². The molecule has 0 aliphatic heterocycles. The minimum absolute atomic E-state index is 0.121. The highest BCUT2D eigenvalue weighted by molar-refractivity contribution is 5.93. The summed E-state index contributed by atoms with van der Waals surface area (Å²) in [5.41, 5.74) is 0.775. The highest BCUT2D eigenvalue weighted by Crippen LogP contribution is 1.97. The third-order valence-electron chi connectivity index (χ3n) is 1.18. The van der Waals surface area contributed by atoms with Crippen molar-refractivity contribution in [2.24, 2.45) is 0 Å². The molecule has 0 atom stereocenters. The van der Waals surface area contributed by atoms with E-state index in [1.165, 1.54) is 0 Å². The normalized spacial score (nSPS) is 7.73. The second kappa shape index (κ2) is 5.35. The van der Waals surface area contributed by atoms with Crippen LogP contribution in [0.5, 0.6) is 0 Å². The van der Waals surface area contributed by atoms with Crippen molar-refractivity contribution in [3.63, 3.8) is 0 Å². The van der Waals surface area contributed by atoms with Crippen LogP contribution in [-0.4, -0.2) is 12.6 Å². The van der Waals surface area contributed by atoms with Crippen molar-refractivity contribution >= 4 is 12.6 Å². The summed E-state index contributed by atoms with van der Waals surface area (Å²) in [4.78, 5) is 18.6. The number of Topliss-reactive ketones (excluding diaryl/α,β-unsaturated/α-hetero) is 1. The van der Waals surface area contributed by atoms with Gasteiger partial charge < -0.3 is 4.79 Å². The SMILES string of the molecule is C=O.CC(=O)c1ccccc1. The highest BCUT2D eigenvalue weighted by Gasteiger charge is 1.92. The lowest BCUT2D eigenvalue weighted by Gasteiger charge is -1.89. The number of carbonyl (C=O) groups is 2. The van der Waals surface area contributed by atoms with Crippen LogP contribution in [0.2, 0.25) is 0 Å². The van der Waals surface area contributed by atoms with Gasteiger partial charge >= 0.3 is 0 Å². The fourth-order valence-electron chi connectivity index (χ4n) is 0.673. The maximum absolute atomic E-state index is 10.6. The zero-order chi connectivity index (χ0) is 8.69. The molecule has 1 aromatic carbocycles. The number of rotatable bonds is 1. The number of benzene rings is 1. The molecule has 1 aromatic rings. The fraction of sp³-hybridized carbons (Fsp3) is 0.111. The first kappa shape index (κ1) is 9.56. The Kier molecular flexibility index (Phi) is 4.65. The average molecular weight is 150 g/mol. The fourth-order valence-corrected chi connectivity index (χ4v) is 0.673. The molecule has 0 spiro atoms. The quantitative estimate of drug-likeness (QED) is 0.571. The summed E-state index contributed by atoms with van der Waals surface area (Å²) in [5, 5.41) is 0. The van der Waals surface area contributed by atoms with E-state index in [1.807, 2.05) is 37.1 Å². The van der Waals surface area contributed by atoms with E-state index in [0.29, 0.717) is 0 Å². The maximum Gasteiger partial charge on any atom is 0.159 e. The number of carbonyl (C=O) groups excluding carboxylic acids is 2. The van der Waals surface area contributed by atoms with Crippen LogP contribution in [0.25, 0.3) is 0 Å². The van der Waals surface area contributed by atoms with Gasteiger partial charge in [0, 0.05) is 5.56 Å². The Morgan fingerprint density at radius 1 is 1.18 bits per heavy atom. The van der Waals surface area contributed by atoms with Gasteiger partial charge in [-0.3, -0.25) is 4.79 Å². The molecule has 0 heterocycles. The summed E-state index contributed by atoms with van der Waals surface area (Å²) in [7, 11) is 0. The van der Waals surface area contributed by atoms with Gasteiger partial charge in [-0.15, -0.1) is 0 Å². The predicted octanol–water partition coefficient (Wildman–Crippen LogP) is 1.70. The second-order valence-corrected chi connectivity index (χ2v) is 1.92. The van der Waals surface area contributed by atoms with Crippen LogP contribution in [0, 0.1) is 0 Å². The van der Waals surface area contributed by atoms with E-state index in [2.05, 4.69) is 0 Å². The number of ketones is 1. The molecule has 0 aliphatic rings. The van der Waals surface area contributed by atoms with Gasteiger partial charge in [0.2, 0.25) is 0 Å². The maximum atomic E-state index is 10.6. The summed E-state index contributed by atoms with van der Waals surface area (Å²) < 4.78 is 0. The van der Waals surface area contributed by atoms with E-state index in [0.717, 1.165) is 5.56 Å². The van der Waals surface area contributed by atoms with Crippen molar-refractivity contribution in [1.29, 1.82) is 0 Å². The molecule has 58 valence electrons. The van der Waals surface area contributed by atoms with Crippen molar-refractivity contribution < 1.29 is 9.59 Å². The van der Waals surface area contributed by atoms with Gasteiger partial charge in [0.05, 0.1) is 0 Å². The molecule has 0 bridgehead atoms. The summed E-state index contributed by atoms with van der Waals surface area (Å²) >= 11 is 0. The molecule has 0 radical (unpaired) electrons. The lowest BCUT2D eigenvalue weighted by atomic mass is 10.2. The van der Waals surface area contributed by atoms with Gasteiger partial charge in [-0.25, -0.2) is 0 Å². The molecule has 11 heavy (non-hydrogen) atoms. The summed E-state index contributed by atoms with van der Waals surface area (Å²) in [6, 6.07) is 9.23. The Morgan fingerprint density at radius 2 is 1.64 bits per heavy atom. The first-order valence-corrected chi connectivity index (χ1v) is 3.15. The summed E-state index contributed by atoms with van der Waals surface area (Å²) in [6.45, 7) is 3.56. The topological polar surface area (TPSA) is 34.1 Å². The smallest absolute Gasteiger partial charge is 0.159 e. The Balaban J connectivity index is 0.000000461. The molecular weight excluding hydrogens is 140 g/mol. The highest BCUT2D eigenvalue weighted by atomic mass is 16.1. The first-order chi connectivity index (χ1) is 5.30. The lowest BCUT2D eigenvalue weighted by molar-refractivity contribution is -0.0979. The molecule has 2 heteroatoms. The minimum Gasteiger partial charge on any atom is -0.307 e. The van der Waals surface area contributed by atoms with E-state index >= 15 is 0 Å². The third-order valence-corrected chi connectivity index (χ3v) is 1.18. The Bertz CT molecular complexity index is 216. The van der Waals surface area contributed by atoms with Gasteiger partial charge in [0.1, 0.15) is 6.79 Å². The van der Waals surface area contributed by atoms with Crippen LogP contribution < -0.4 is 0 Å². The molecule has 0 amide bonds.